The number of rotatable bonds is 10. The second-order valence-corrected chi connectivity index (χ2v) is 21.4. The number of hydrogen-bond acceptors (Lipinski definition) is 8. The molecular formula is C45H50N4O8Si. The van der Waals surface area contributed by atoms with Crippen molar-refractivity contribution in [1.82, 2.24) is 4.90 Å². The number of fused-ring (bicyclic) bond motifs is 3. The molecule has 8 rings (SSSR count). The van der Waals surface area contributed by atoms with E-state index in [1.54, 1.807) is 27.9 Å². The molecule has 4 aromatic rings. The fraction of sp³-hybridized carbons (Fsp3) is 0.400. The first-order chi connectivity index (χ1) is 27.9. The Hall–Kier alpha value is -5.37. The summed E-state index contributed by atoms with van der Waals surface area (Å²) in [6.45, 7) is 7.45. The van der Waals surface area contributed by atoms with Crippen LogP contribution in [0, 0.1) is 16.0 Å². The van der Waals surface area contributed by atoms with E-state index in [0.717, 1.165) is 40.4 Å². The molecule has 4 heterocycles. The normalized spacial score (nSPS) is 24.3. The number of anilines is 2. The molecule has 58 heavy (non-hydrogen) atoms. The van der Waals surface area contributed by atoms with Crippen molar-refractivity contribution < 1.29 is 33.9 Å². The summed E-state index contributed by atoms with van der Waals surface area (Å²) in [5, 5.41) is 23.9. The average Bonchev–Trinajstić information content (AvgIpc) is 3.66. The minimum absolute atomic E-state index is 0.0315. The minimum Gasteiger partial charge on any atom is -0.497 e. The number of hydrogen-bond donors (Lipinski definition) is 1. The van der Waals surface area contributed by atoms with Crippen LogP contribution in [-0.4, -0.2) is 73.1 Å². The Kier molecular flexibility index (Phi) is 10.5. The lowest BCUT2D eigenvalue weighted by Gasteiger charge is -2.39. The van der Waals surface area contributed by atoms with E-state index < -0.39 is 36.7 Å². The number of nitro groups is 1. The van der Waals surface area contributed by atoms with E-state index >= 15 is 4.79 Å². The lowest BCUT2D eigenvalue weighted by molar-refractivity contribution is -0.385. The van der Waals surface area contributed by atoms with Gasteiger partial charge in [-0.2, -0.15) is 0 Å². The highest BCUT2D eigenvalue weighted by Gasteiger charge is 2.67. The molecule has 0 radical (unpaired) electrons. The number of carbonyl (C=O) groups is 3. The number of nitrogens with zero attached hydrogens (tertiary/aromatic N) is 4. The Morgan fingerprint density at radius 1 is 1.00 bits per heavy atom. The van der Waals surface area contributed by atoms with Crippen molar-refractivity contribution in [2.75, 3.05) is 30.1 Å². The summed E-state index contributed by atoms with van der Waals surface area (Å²) in [4.78, 5) is 59.6. The van der Waals surface area contributed by atoms with Gasteiger partial charge in [0.15, 0.2) is 5.60 Å². The van der Waals surface area contributed by atoms with Crippen LogP contribution in [0.5, 0.6) is 5.75 Å². The average molecular weight is 803 g/mol. The van der Waals surface area contributed by atoms with Crippen LogP contribution in [-0.2, 0) is 44.2 Å². The van der Waals surface area contributed by atoms with Gasteiger partial charge in [-0.25, -0.2) is 0 Å². The third-order valence-electron chi connectivity index (χ3n) is 13.2. The van der Waals surface area contributed by atoms with Crippen molar-refractivity contribution >= 4 is 48.0 Å². The van der Waals surface area contributed by atoms with Crippen molar-refractivity contribution in [3.8, 4) is 5.75 Å². The van der Waals surface area contributed by atoms with Gasteiger partial charge in [-0.05, 0) is 71.8 Å². The first kappa shape index (κ1) is 39.5. The summed E-state index contributed by atoms with van der Waals surface area (Å²) < 4.78 is 12.7. The van der Waals surface area contributed by atoms with E-state index in [2.05, 4.69) is 13.1 Å². The second-order valence-electron chi connectivity index (χ2n) is 16.7. The van der Waals surface area contributed by atoms with Crippen LogP contribution in [0.15, 0.2) is 91.0 Å². The van der Waals surface area contributed by atoms with Gasteiger partial charge in [0, 0.05) is 48.8 Å². The molecule has 0 aliphatic carbocycles. The lowest BCUT2D eigenvalue weighted by Crippen LogP contribution is -2.52. The highest BCUT2D eigenvalue weighted by molar-refractivity contribution is 6.91. The van der Waals surface area contributed by atoms with Crippen LogP contribution in [0.25, 0.3) is 0 Å². The molecule has 1 spiro atoms. The van der Waals surface area contributed by atoms with Crippen LogP contribution < -0.4 is 19.7 Å². The monoisotopic (exact) mass is 802 g/mol. The fourth-order valence-electron chi connectivity index (χ4n) is 10.1. The molecular weight excluding hydrogens is 753 g/mol. The number of ether oxygens (including phenoxy) is 2. The maximum Gasteiger partial charge on any atom is 0.269 e. The summed E-state index contributed by atoms with van der Waals surface area (Å²) in [6.07, 6.45) is 2.12. The quantitative estimate of drug-likeness (QED) is 0.113. The van der Waals surface area contributed by atoms with Crippen LogP contribution in [0.4, 0.5) is 17.1 Å². The number of aliphatic hydroxyl groups is 1. The second kappa shape index (κ2) is 15.4. The summed E-state index contributed by atoms with van der Waals surface area (Å²) in [5.74, 6) is -0.187. The molecule has 0 saturated carbocycles. The van der Waals surface area contributed by atoms with Gasteiger partial charge in [0.25, 0.3) is 11.6 Å². The molecule has 1 N–H and O–H groups in total. The highest BCUT2D eigenvalue weighted by atomic mass is 28.3. The van der Waals surface area contributed by atoms with Gasteiger partial charge in [0.1, 0.15) is 5.75 Å². The van der Waals surface area contributed by atoms with Crippen LogP contribution in [0.2, 0.25) is 18.6 Å². The van der Waals surface area contributed by atoms with E-state index in [1.165, 1.54) is 12.1 Å². The van der Waals surface area contributed by atoms with Gasteiger partial charge >= 0.3 is 0 Å². The Morgan fingerprint density at radius 2 is 1.72 bits per heavy atom. The maximum atomic E-state index is 15.3. The molecule has 12 nitrogen and oxygen atoms in total. The smallest absolute Gasteiger partial charge is 0.269 e. The largest absolute Gasteiger partial charge is 0.497 e. The first-order valence-corrected chi connectivity index (χ1v) is 23.2. The summed E-state index contributed by atoms with van der Waals surface area (Å²) in [6, 6.07) is 27.6. The topological polar surface area (TPSA) is 143 Å². The number of carbonyl (C=O) groups excluding carboxylic acids is 3. The predicted molar refractivity (Wildman–Crippen MR) is 223 cm³/mol. The van der Waals surface area contributed by atoms with Crippen molar-refractivity contribution in [2.24, 2.45) is 5.92 Å². The molecule has 4 aliphatic heterocycles. The zero-order valence-corrected chi connectivity index (χ0v) is 34.4. The van der Waals surface area contributed by atoms with Crippen LogP contribution in [0.3, 0.4) is 0 Å². The van der Waals surface area contributed by atoms with Crippen molar-refractivity contribution in [2.45, 2.75) is 88.5 Å². The number of piperidine rings is 1. The third-order valence-corrected chi connectivity index (χ3v) is 17.6. The molecule has 0 aromatic heterocycles. The molecule has 3 amide bonds. The molecule has 4 aliphatic rings. The van der Waals surface area contributed by atoms with Gasteiger partial charge < -0.3 is 29.3 Å². The van der Waals surface area contributed by atoms with E-state index in [1.807, 2.05) is 79.7 Å². The molecule has 0 bridgehead atoms. The lowest BCUT2D eigenvalue weighted by atomic mass is 9.82. The fourth-order valence-corrected chi connectivity index (χ4v) is 14.2. The van der Waals surface area contributed by atoms with Gasteiger partial charge in [-0.3, -0.25) is 24.5 Å². The Balaban J connectivity index is 1.18. The van der Waals surface area contributed by atoms with Crippen molar-refractivity contribution in [3.05, 3.63) is 123 Å². The number of non-ortho nitro benzene ring substituents is 1. The van der Waals surface area contributed by atoms with E-state index in [9.17, 15) is 24.8 Å². The molecule has 2 fully saturated rings. The summed E-state index contributed by atoms with van der Waals surface area (Å²) in [5.41, 5.74) is 2.67. The number of nitro benzene ring substituents is 1. The SMILES string of the molecule is COc1ccc([Si](C)(C)[C@H]2[C@H](CC(=O)N3Cc4ccccc4C[C@H]3CO)O[C@@]3(C(=O)N(Cc4ccc(N5CCCCC5=O)cc4)c4ccc([N+](=O)[O-])cc43)[C@@H]2C)cc1. The maximum absolute atomic E-state index is 15.3. The Labute approximate surface area is 339 Å². The van der Waals surface area contributed by atoms with Crippen molar-refractivity contribution in [1.29, 1.82) is 0 Å². The molecule has 13 heteroatoms. The van der Waals surface area contributed by atoms with Crippen molar-refractivity contribution in [3.63, 3.8) is 0 Å². The highest BCUT2D eigenvalue weighted by Crippen LogP contribution is 2.60. The molecule has 302 valence electrons. The molecule has 2 saturated heterocycles. The standard InChI is InChI=1S/C45H50N4O8Si/c1-29-43(58(3,4)37-19-17-36(56-2)18-20-37)40(25-42(52)47-27-32-10-6-5-9-31(32)23-35(47)28-50)57-45(29)38-24-34(49(54)55)16-21-39(38)48(44(45)53)26-30-12-14-33(15-13-30)46-22-8-7-11-41(46)51/h5-6,9-10,12-21,24,29,35,40,43,50H,7-8,11,22-23,25-28H2,1-4H3/t29-,35+,40+,43-,45+/m1/s1. The zero-order chi connectivity index (χ0) is 40.9. The van der Waals surface area contributed by atoms with Gasteiger partial charge in [-0.1, -0.05) is 73.7 Å². The third kappa shape index (κ3) is 6.68. The molecule has 4 aromatic carbocycles. The van der Waals surface area contributed by atoms with E-state index in [0.29, 0.717) is 42.9 Å². The van der Waals surface area contributed by atoms with Crippen LogP contribution in [0.1, 0.15) is 54.9 Å². The van der Waals surface area contributed by atoms with Gasteiger partial charge in [-0.15, -0.1) is 0 Å². The first-order valence-electron chi connectivity index (χ1n) is 20.2. The Bertz CT molecular complexity index is 2250. The number of amides is 3. The number of methoxy groups -OCH3 is 1. The zero-order valence-electron chi connectivity index (χ0n) is 33.4. The summed E-state index contributed by atoms with van der Waals surface area (Å²) in [7, 11) is -1.03. The predicted octanol–water partition coefficient (Wildman–Crippen LogP) is 6.22. The van der Waals surface area contributed by atoms with Crippen LogP contribution >= 0.6 is 0 Å². The summed E-state index contributed by atoms with van der Waals surface area (Å²) >= 11 is 0. The van der Waals surface area contributed by atoms with E-state index in [-0.39, 0.29) is 48.5 Å². The number of benzene rings is 4. The number of aliphatic hydroxyl groups excluding tert-OH is 1. The minimum atomic E-state index is -2.65. The Morgan fingerprint density at radius 3 is 2.40 bits per heavy atom. The van der Waals surface area contributed by atoms with Gasteiger partial charge in [0.2, 0.25) is 11.8 Å². The molecule has 0 unspecified atom stereocenters. The van der Waals surface area contributed by atoms with Gasteiger partial charge in [0.05, 0.1) is 57.5 Å². The molecule has 5 atom stereocenters. The van der Waals surface area contributed by atoms with E-state index in [4.69, 9.17) is 9.47 Å².